The van der Waals surface area contributed by atoms with Crippen LogP contribution in [-0.4, -0.2) is 11.5 Å². The van der Waals surface area contributed by atoms with E-state index in [1.807, 2.05) is 0 Å². The van der Waals surface area contributed by atoms with Crippen molar-refractivity contribution < 1.29 is 4.92 Å². The highest BCUT2D eigenvalue weighted by atomic mass is 79.9. The predicted octanol–water partition coefficient (Wildman–Crippen LogP) is 4.38. The Bertz CT molecular complexity index is 585. The molecule has 1 aromatic carbocycles. The third kappa shape index (κ3) is 3.54. The zero-order chi connectivity index (χ0) is 13.8. The highest BCUT2D eigenvalue weighted by molar-refractivity contribution is 9.10. The number of anilines is 1. The van der Waals surface area contributed by atoms with Crippen molar-refractivity contribution in [3.8, 4) is 0 Å². The molecule has 2 rings (SSSR count). The van der Waals surface area contributed by atoms with Crippen molar-refractivity contribution in [2.24, 2.45) is 0 Å². The molecule has 100 valence electrons. The number of thiophene rings is 1. The number of hydrogen-bond acceptors (Lipinski definition) is 4. The first-order valence-corrected chi connectivity index (χ1v) is 7.51. The first kappa shape index (κ1) is 14.0. The zero-order valence-corrected chi connectivity index (χ0v) is 12.8. The lowest BCUT2D eigenvalue weighted by atomic mass is 10.1. The van der Waals surface area contributed by atoms with Gasteiger partial charge in [0.2, 0.25) is 0 Å². The summed E-state index contributed by atoms with van der Waals surface area (Å²) in [5.41, 5.74) is 2.98. The SMILES string of the molecule is Cc1cc(NCCc2ccsc2)c(Br)cc1[N+](=O)[O-]. The van der Waals surface area contributed by atoms with Gasteiger partial charge in [0.15, 0.2) is 0 Å². The number of rotatable bonds is 5. The van der Waals surface area contributed by atoms with E-state index in [1.165, 1.54) is 5.56 Å². The van der Waals surface area contributed by atoms with Crippen molar-refractivity contribution in [1.29, 1.82) is 0 Å². The van der Waals surface area contributed by atoms with Gasteiger partial charge in [-0.2, -0.15) is 11.3 Å². The lowest BCUT2D eigenvalue weighted by Gasteiger charge is -2.09. The molecule has 0 aliphatic rings. The molecule has 0 amide bonds. The van der Waals surface area contributed by atoms with Crippen LogP contribution in [0.15, 0.2) is 33.4 Å². The average molecular weight is 341 g/mol. The molecule has 0 saturated heterocycles. The summed E-state index contributed by atoms with van der Waals surface area (Å²) in [6.07, 6.45) is 0.936. The largest absolute Gasteiger partial charge is 0.384 e. The molecule has 0 atom stereocenters. The second-order valence-electron chi connectivity index (χ2n) is 4.18. The Kier molecular flexibility index (Phi) is 4.55. The van der Waals surface area contributed by atoms with Crippen molar-refractivity contribution in [3.63, 3.8) is 0 Å². The lowest BCUT2D eigenvalue weighted by molar-refractivity contribution is -0.385. The Morgan fingerprint density at radius 3 is 2.89 bits per heavy atom. The maximum Gasteiger partial charge on any atom is 0.273 e. The zero-order valence-electron chi connectivity index (χ0n) is 10.4. The monoisotopic (exact) mass is 340 g/mol. The van der Waals surface area contributed by atoms with Gasteiger partial charge in [0.25, 0.3) is 5.69 Å². The Morgan fingerprint density at radius 1 is 1.47 bits per heavy atom. The summed E-state index contributed by atoms with van der Waals surface area (Å²) in [5.74, 6) is 0. The molecular weight excluding hydrogens is 328 g/mol. The second kappa shape index (κ2) is 6.16. The highest BCUT2D eigenvalue weighted by Gasteiger charge is 2.13. The number of benzene rings is 1. The summed E-state index contributed by atoms with van der Waals surface area (Å²) in [6.45, 7) is 2.54. The van der Waals surface area contributed by atoms with Crippen LogP contribution in [0, 0.1) is 17.0 Å². The minimum absolute atomic E-state index is 0.134. The van der Waals surface area contributed by atoms with Crippen molar-refractivity contribution in [2.45, 2.75) is 13.3 Å². The number of nitro groups is 1. The van der Waals surface area contributed by atoms with Crippen LogP contribution in [0.5, 0.6) is 0 Å². The number of aryl methyl sites for hydroxylation is 1. The first-order valence-electron chi connectivity index (χ1n) is 5.77. The normalized spacial score (nSPS) is 10.4. The molecule has 0 radical (unpaired) electrons. The fraction of sp³-hybridized carbons (Fsp3) is 0.231. The first-order chi connectivity index (χ1) is 9.08. The topological polar surface area (TPSA) is 55.2 Å². The van der Waals surface area contributed by atoms with Crippen molar-refractivity contribution in [3.05, 3.63) is 54.7 Å². The van der Waals surface area contributed by atoms with E-state index >= 15 is 0 Å². The van der Waals surface area contributed by atoms with Crippen LogP contribution < -0.4 is 5.32 Å². The van der Waals surface area contributed by atoms with Gasteiger partial charge in [-0.25, -0.2) is 0 Å². The van der Waals surface area contributed by atoms with E-state index < -0.39 is 0 Å². The molecule has 0 spiro atoms. The Morgan fingerprint density at radius 2 is 2.26 bits per heavy atom. The number of nitro benzene ring substituents is 1. The van der Waals surface area contributed by atoms with Gasteiger partial charge in [-0.05, 0) is 57.7 Å². The number of hydrogen-bond donors (Lipinski definition) is 1. The van der Waals surface area contributed by atoms with Crippen LogP contribution in [0.25, 0.3) is 0 Å². The van der Waals surface area contributed by atoms with E-state index in [2.05, 4.69) is 38.1 Å². The van der Waals surface area contributed by atoms with E-state index in [0.717, 1.165) is 23.1 Å². The van der Waals surface area contributed by atoms with Gasteiger partial charge in [0.05, 0.1) is 4.92 Å². The van der Waals surface area contributed by atoms with Crippen molar-refractivity contribution >= 4 is 38.6 Å². The summed E-state index contributed by atoms with van der Waals surface area (Å²) in [5, 5.41) is 18.3. The van der Waals surface area contributed by atoms with E-state index in [4.69, 9.17) is 0 Å². The Balaban J connectivity index is 2.04. The maximum absolute atomic E-state index is 10.8. The van der Waals surface area contributed by atoms with Crippen LogP contribution >= 0.6 is 27.3 Å². The Hall–Kier alpha value is -1.40. The number of nitrogens with one attached hydrogen (secondary N) is 1. The van der Waals surface area contributed by atoms with Crippen LogP contribution in [0.4, 0.5) is 11.4 Å². The fourth-order valence-corrected chi connectivity index (χ4v) is 2.95. The molecule has 2 aromatic rings. The molecule has 0 aliphatic carbocycles. The quantitative estimate of drug-likeness (QED) is 0.648. The molecule has 1 N–H and O–H groups in total. The smallest absolute Gasteiger partial charge is 0.273 e. The van der Waals surface area contributed by atoms with Gasteiger partial charge in [0.1, 0.15) is 0 Å². The minimum Gasteiger partial charge on any atom is -0.384 e. The van der Waals surface area contributed by atoms with E-state index in [0.29, 0.717) is 5.56 Å². The van der Waals surface area contributed by atoms with Crippen LogP contribution in [0.1, 0.15) is 11.1 Å². The van der Waals surface area contributed by atoms with E-state index in [1.54, 1.807) is 30.4 Å². The Labute approximate surface area is 123 Å². The molecular formula is C13H13BrN2O2S. The third-order valence-electron chi connectivity index (χ3n) is 2.79. The fourth-order valence-electron chi connectivity index (χ4n) is 1.78. The molecule has 6 heteroatoms. The maximum atomic E-state index is 10.8. The van der Waals surface area contributed by atoms with Crippen molar-refractivity contribution in [1.82, 2.24) is 0 Å². The van der Waals surface area contributed by atoms with Gasteiger partial charge in [-0.1, -0.05) is 0 Å². The number of nitrogens with zero attached hydrogens (tertiary/aromatic N) is 1. The predicted molar refractivity (Wildman–Crippen MR) is 82.0 cm³/mol. The van der Waals surface area contributed by atoms with Crippen LogP contribution in [0.3, 0.4) is 0 Å². The minimum atomic E-state index is -0.366. The standard InChI is InChI=1S/C13H13BrN2O2S/c1-9-6-12(11(14)7-13(9)16(17)18)15-4-2-10-3-5-19-8-10/h3,5-8,15H,2,4H2,1H3. The molecule has 1 heterocycles. The number of halogens is 1. The van der Waals surface area contributed by atoms with Gasteiger partial charge < -0.3 is 5.32 Å². The summed E-state index contributed by atoms with van der Waals surface area (Å²) in [4.78, 5) is 10.5. The summed E-state index contributed by atoms with van der Waals surface area (Å²) >= 11 is 5.05. The van der Waals surface area contributed by atoms with E-state index in [-0.39, 0.29) is 10.6 Å². The summed E-state index contributed by atoms with van der Waals surface area (Å²) in [6, 6.07) is 5.45. The molecule has 0 aliphatic heterocycles. The van der Waals surface area contributed by atoms with Gasteiger partial charge in [0, 0.05) is 28.3 Å². The molecule has 19 heavy (non-hydrogen) atoms. The third-order valence-corrected chi connectivity index (χ3v) is 4.18. The lowest BCUT2D eigenvalue weighted by Crippen LogP contribution is -2.05. The molecule has 0 bridgehead atoms. The van der Waals surface area contributed by atoms with Crippen molar-refractivity contribution in [2.75, 3.05) is 11.9 Å². The molecule has 4 nitrogen and oxygen atoms in total. The highest BCUT2D eigenvalue weighted by Crippen LogP contribution is 2.30. The summed E-state index contributed by atoms with van der Waals surface area (Å²) < 4.78 is 0.718. The molecule has 0 fully saturated rings. The van der Waals surface area contributed by atoms with Crippen LogP contribution in [0.2, 0.25) is 0 Å². The van der Waals surface area contributed by atoms with Crippen LogP contribution in [-0.2, 0) is 6.42 Å². The average Bonchev–Trinajstić information content (AvgIpc) is 2.85. The van der Waals surface area contributed by atoms with E-state index in [9.17, 15) is 10.1 Å². The second-order valence-corrected chi connectivity index (χ2v) is 5.82. The molecule has 1 aromatic heterocycles. The summed E-state index contributed by atoms with van der Waals surface area (Å²) in [7, 11) is 0. The molecule has 0 saturated carbocycles. The van der Waals surface area contributed by atoms with Gasteiger partial charge in [-0.15, -0.1) is 0 Å². The molecule has 0 unspecified atom stereocenters. The van der Waals surface area contributed by atoms with Gasteiger partial charge >= 0.3 is 0 Å². The van der Waals surface area contributed by atoms with Gasteiger partial charge in [-0.3, -0.25) is 10.1 Å².